The van der Waals surface area contributed by atoms with Crippen LogP contribution in [0.2, 0.25) is 0 Å². The van der Waals surface area contributed by atoms with E-state index in [1.54, 1.807) is 14.2 Å². The number of hydrogen-bond acceptors (Lipinski definition) is 4. The van der Waals surface area contributed by atoms with Gasteiger partial charge in [0.25, 0.3) is 5.56 Å². The van der Waals surface area contributed by atoms with Gasteiger partial charge in [-0.15, -0.1) is 12.6 Å². The molecule has 5 heteroatoms. The fourth-order valence-electron chi connectivity index (χ4n) is 3.03. The normalized spacial score (nSPS) is 15.3. The van der Waals surface area contributed by atoms with Gasteiger partial charge in [0.05, 0.1) is 12.8 Å². The summed E-state index contributed by atoms with van der Waals surface area (Å²) in [6.45, 7) is 4.16. The van der Waals surface area contributed by atoms with Crippen molar-refractivity contribution in [2.75, 3.05) is 7.11 Å². The molecule has 0 unspecified atom stereocenters. The van der Waals surface area contributed by atoms with E-state index < -0.39 is 0 Å². The van der Waals surface area contributed by atoms with E-state index in [1.807, 2.05) is 18.2 Å². The minimum Gasteiger partial charge on any atom is -0.497 e. The molecule has 3 rings (SSSR count). The predicted molar refractivity (Wildman–Crippen MR) is 85.4 cm³/mol. The molecule has 1 aliphatic rings. The summed E-state index contributed by atoms with van der Waals surface area (Å²) in [5.74, 6) is 0.822. The Kier molecular flexibility index (Phi) is 3.13. The van der Waals surface area contributed by atoms with Crippen molar-refractivity contribution in [2.45, 2.75) is 30.8 Å². The largest absolute Gasteiger partial charge is 0.497 e. The summed E-state index contributed by atoms with van der Waals surface area (Å²) in [6, 6.07) is 5.90. The fourth-order valence-corrected chi connectivity index (χ4v) is 3.23. The fraction of sp³-hybridized carbons (Fsp3) is 0.375. The van der Waals surface area contributed by atoms with Crippen LogP contribution in [0.4, 0.5) is 0 Å². The molecule has 4 nitrogen and oxygen atoms in total. The van der Waals surface area contributed by atoms with Crippen molar-refractivity contribution < 1.29 is 4.74 Å². The van der Waals surface area contributed by atoms with Gasteiger partial charge in [-0.3, -0.25) is 9.36 Å². The predicted octanol–water partition coefficient (Wildman–Crippen LogP) is 2.58. The molecule has 0 aliphatic heterocycles. The highest BCUT2D eigenvalue weighted by Crippen LogP contribution is 2.41. The Hall–Kier alpha value is -1.75. The van der Waals surface area contributed by atoms with Gasteiger partial charge in [0.15, 0.2) is 5.16 Å². The second kappa shape index (κ2) is 4.63. The Bertz CT molecular complexity index is 794. The molecule has 0 fully saturated rings. The van der Waals surface area contributed by atoms with Crippen LogP contribution in [0.3, 0.4) is 0 Å². The molecule has 0 radical (unpaired) electrons. The number of thiol groups is 1. The Morgan fingerprint density at radius 3 is 2.76 bits per heavy atom. The van der Waals surface area contributed by atoms with Gasteiger partial charge in [-0.05, 0) is 30.2 Å². The van der Waals surface area contributed by atoms with Gasteiger partial charge >= 0.3 is 0 Å². The molecule has 1 aromatic carbocycles. The van der Waals surface area contributed by atoms with Crippen molar-refractivity contribution >= 4 is 12.6 Å². The Labute approximate surface area is 129 Å². The first-order valence-corrected chi connectivity index (χ1v) is 7.27. The minimum absolute atomic E-state index is 0.0172. The van der Waals surface area contributed by atoms with Crippen LogP contribution < -0.4 is 10.3 Å². The molecule has 0 bridgehead atoms. The third-order valence-corrected chi connectivity index (χ3v) is 4.54. The van der Waals surface area contributed by atoms with Crippen LogP contribution in [-0.2, 0) is 18.9 Å². The van der Waals surface area contributed by atoms with Gasteiger partial charge in [0, 0.05) is 23.6 Å². The second-order valence-electron chi connectivity index (χ2n) is 6.08. The molecule has 0 atom stereocenters. The molecular weight excluding hydrogens is 284 g/mol. The standard InChI is InChI=1S/C16H18N2O2S/c1-16(2)8-9-7-10(20-4)5-6-11(9)13-12(16)14(19)18(3)15(21)17-13/h5-7H,8H2,1-4H3,(H,17,21). The van der Waals surface area contributed by atoms with Crippen molar-refractivity contribution in [3.05, 3.63) is 39.7 Å². The number of aromatic nitrogens is 2. The maximum absolute atomic E-state index is 12.6. The van der Waals surface area contributed by atoms with Crippen LogP contribution >= 0.6 is 12.6 Å². The Morgan fingerprint density at radius 2 is 2.10 bits per heavy atom. The third kappa shape index (κ3) is 2.07. The molecule has 0 spiro atoms. The lowest BCUT2D eigenvalue weighted by molar-refractivity contribution is 0.413. The Morgan fingerprint density at radius 1 is 1.38 bits per heavy atom. The van der Waals surface area contributed by atoms with Gasteiger partial charge in [0.2, 0.25) is 0 Å². The highest BCUT2D eigenvalue weighted by Gasteiger charge is 2.35. The van der Waals surface area contributed by atoms with Gasteiger partial charge in [-0.25, -0.2) is 4.98 Å². The lowest BCUT2D eigenvalue weighted by Crippen LogP contribution is -2.37. The minimum atomic E-state index is -0.266. The van der Waals surface area contributed by atoms with E-state index in [1.165, 1.54) is 4.57 Å². The summed E-state index contributed by atoms with van der Waals surface area (Å²) in [4.78, 5) is 17.2. The van der Waals surface area contributed by atoms with Gasteiger partial charge in [-0.1, -0.05) is 13.8 Å². The van der Waals surface area contributed by atoms with Crippen LogP contribution in [0, 0.1) is 0 Å². The van der Waals surface area contributed by atoms with Crippen LogP contribution in [0.1, 0.15) is 25.0 Å². The number of ether oxygens (including phenoxy) is 1. The maximum Gasteiger partial charge on any atom is 0.258 e. The first-order valence-electron chi connectivity index (χ1n) is 6.83. The lowest BCUT2D eigenvalue weighted by Gasteiger charge is -2.33. The Balaban J connectivity index is 2.38. The molecular formula is C16H18N2O2S. The van der Waals surface area contributed by atoms with E-state index in [0.717, 1.165) is 34.6 Å². The van der Waals surface area contributed by atoms with E-state index in [-0.39, 0.29) is 11.0 Å². The molecule has 1 aromatic heterocycles. The van der Waals surface area contributed by atoms with Crippen molar-refractivity contribution in [1.82, 2.24) is 9.55 Å². The summed E-state index contributed by atoms with van der Waals surface area (Å²) in [7, 11) is 3.36. The highest BCUT2D eigenvalue weighted by atomic mass is 32.1. The van der Waals surface area contributed by atoms with Crippen molar-refractivity contribution in [2.24, 2.45) is 7.05 Å². The van der Waals surface area contributed by atoms with Crippen molar-refractivity contribution in [3.8, 4) is 17.0 Å². The zero-order valence-corrected chi connectivity index (χ0v) is 13.5. The van der Waals surface area contributed by atoms with Crippen LogP contribution in [0.5, 0.6) is 5.75 Å². The van der Waals surface area contributed by atoms with Crippen LogP contribution in [0.25, 0.3) is 11.3 Å². The first kappa shape index (κ1) is 14.2. The number of fused-ring (bicyclic) bond motifs is 3. The summed E-state index contributed by atoms with van der Waals surface area (Å²) in [5, 5.41) is 0.429. The maximum atomic E-state index is 12.6. The summed E-state index contributed by atoms with van der Waals surface area (Å²) >= 11 is 4.32. The second-order valence-corrected chi connectivity index (χ2v) is 6.48. The van der Waals surface area contributed by atoms with E-state index in [2.05, 4.69) is 31.5 Å². The van der Waals surface area contributed by atoms with E-state index in [4.69, 9.17) is 4.74 Å². The lowest BCUT2D eigenvalue weighted by atomic mass is 9.72. The third-order valence-electron chi connectivity index (χ3n) is 4.14. The molecule has 0 saturated carbocycles. The van der Waals surface area contributed by atoms with Crippen LogP contribution in [-0.4, -0.2) is 16.7 Å². The molecule has 21 heavy (non-hydrogen) atoms. The molecule has 0 amide bonds. The SMILES string of the molecule is COc1ccc2c(c1)CC(C)(C)c1c-2nc(S)n(C)c1=O. The number of nitrogens with zero attached hydrogens (tertiary/aromatic N) is 2. The zero-order chi connectivity index (χ0) is 15.4. The molecule has 2 aromatic rings. The zero-order valence-electron chi connectivity index (χ0n) is 12.6. The number of rotatable bonds is 1. The molecule has 110 valence electrons. The number of hydrogen-bond donors (Lipinski definition) is 1. The van der Waals surface area contributed by atoms with Crippen LogP contribution in [0.15, 0.2) is 28.2 Å². The van der Waals surface area contributed by atoms with E-state index in [0.29, 0.717) is 5.16 Å². The smallest absolute Gasteiger partial charge is 0.258 e. The topological polar surface area (TPSA) is 44.1 Å². The quantitative estimate of drug-likeness (QED) is 0.650. The molecule has 0 saturated heterocycles. The monoisotopic (exact) mass is 302 g/mol. The first-order chi connectivity index (χ1) is 9.85. The van der Waals surface area contributed by atoms with Gasteiger partial charge in [-0.2, -0.15) is 0 Å². The van der Waals surface area contributed by atoms with Gasteiger partial charge < -0.3 is 4.74 Å². The highest BCUT2D eigenvalue weighted by molar-refractivity contribution is 7.80. The van der Waals surface area contributed by atoms with E-state index >= 15 is 0 Å². The average Bonchev–Trinajstić information content (AvgIpc) is 2.42. The summed E-state index contributed by atoms with van der Waals surface area (Å²) in [5.41, 5.74) is 3.38. The molecule has 1 aliphatic carbocycles. The summed E-state index contributed by atoms with van der Waals surface area (Å²) < 4.78 is 6.80. The van der Waals surface area contributed by atoms with Crippen molar-refractivity contribution in [1.29, 1.82) is 0 Å². The molecule has 1 heterocycles. The van der Waals surface area contributed by atoms with Gasteiger partial charge in [0.1, 0.15) is 5.75 Å². The molecule has 0 N–H and O–H groups in total. The summed E-state index contributed by atoms with van der Waals surface area (Å²) in [6.07, 6.45) is 0.787. The average molecular weight is 302 g/mol. The number of benzene rings is 1. The number of methoxy groups -OCH3 is 1. The van der Waals surface area contributed by atoms with E-state index in [9.17, 15) is 4.79 Å². The van der Waals surface area contributed by atoms with Crippen molar-refractivity contribution in [3.63, 3.8) is 0 Å².